The van der Waals surface area contributed by atoms with Crippen LogP contribution in [0.15, 0.2) is 18.2 Å². The van der Waals surface area contributed by atoms with Crippen LogP contribution in [-0.4, -0.2) is 67.6 Å². The molecule has 2 fully saturated rings. The van der Waals surface area contributed by atoms with E-state index in [0.717, 1.165) is 26.2 Å². The number of morpholine rings is 2. The molecule has 2 aliphatic heterocycles. The van der Waals surface area contributed by atoms with E-state index in [0.29, 0.717) is 60.0 Å². The molecule has 0 atom stereocenters. The van der Waals surface area contributed by atoms with Gasteiger partial charge in [0.25, 0.3) is 0 Å². The Bertz CT molecular complexity index is 761. The summed E-state index contributed by atoms with van der Waals surface area (Å²) in [6, 6.07) is 5.39. The average molecular weight is 411 g/mol. The summed E-state index contributed by atoms with van der Waals surface area (Å²) >= 11 is 12.4. The van der Waals surface area contributed by atoms with Crippen molar-refractivity contribution in [1.82, 2.24) is 15.0 Å². The van der Waals surface area contributed by atoms with E-state index in [1.54, 1.807) is 6.07 Å². The summed E-state index contributed by atoms with van der Waals surface area (Å²) in [5.41, 5.74) is 0.649. The Morgan fingerprint density at radius 1 is 0.815 bits per heavy atom. The molecule has 0 aliphatic carbocycles. The van der Waals surface area contributed by atoms with Gasteiger partial charge in [-0.2, -0.15) is 15.0 Å². The fourth-order valence-corrected chi connectivity index (χ4v) is 3.29. The number of halogens is 2. The summed E-state index contributed by atoms with van der Waals surface area (Å²) < 4.78 is 10.9. The molecule has 1 N–H and O–H groups in total. The lowest BCUT2D eigenvalue weighted by molar-refractivity contribution is 0.121. The zero-order valence-electron chi connectivity index (χ0n) is 14.7. The maximum absolute atomic E-state index is 6.30. The highest BCUT2D eigenvalue weighted by atomic mass is 35.5. The molecule has 144 valence electrons. The molecule has 2 aliphatic rings. The predicted octanol–water partition coefficient (Wildman–Crippen LogP) is 2.60. The number of anilines is 4. The Labute approximate surface area is 167 Å². The topological polar surface area (TPSA) is 75.6 Å². The Balaban J connectivity index is 1.67. The molecule has 8 nitrogen and oxygen atoms in total. The first kappa shape index (κ1) is 18.5. The highest BCUT2D eigenvalue weighted by Gasteiger charge is 2.21. The van der Waals surface area contributed by atoms with E-state index in [9.17, 15) is 0 Å². The first-order valence-electron chi connectivity index (χ1n) is 8.83. The Kier molecular flexibility index (Phi) is 5.77. The fraction of sp³-hybridized carbons (Fsp3) is 0.471. The maximum Gasteiger partial charge on any atom is 0.233 e. The van der Waals surface area contributed by atoms with Crippen molar-refractivity contribution in [2.45, 2.75) is 0 Å². The van der Waals surface area contributed by atoms with E-state index in [2.05, 4.69) is 30.1 Å². The highest BCUT2D eigenvalue weighted by Crippen LogP contribution is 2.31. The van der Waals surface area contributed by atoms with Gasteiger partial charge in [-0.1, -0.05) is 29.3 Å². The van der Waals surface area contributed by atoms with E-state index < -0.39 is 0 Å². The molecule has 4 rings (SSSR count). The second kappa shape index (κ2) is 8.43. The zero-order chi connectivity index (χ0) is 18.6. The van der Waals surface area contributed by atoms with E-state index in [1.807, 2.05) is 12.1 Å². The van der Waals surface area contributed by atoms with Crippen molar-refractivity contribution < 1.29 is 9.47 Å². The molecule has 10 heteroatoms. The van der Waals surface area contributed by atoms with E-state index in [1.165, 1.54) is 0 Å². The van der Waals surface area contributed by atoms with Crippen LogP contribution in [0.25, 0.3) is 0 Å². The third-order valence-corrected chi connectivity index (χ3v) is 5.22. The molecule has 0 unspecified atom stereocenters. The molecule has 0 saturated carbocycles. The molecule has 2 saturated heterocycles. The standard InChI is InChI=1S/C17H20Cl2N6O2/c18-12-2-1-3-13(14(12)19)20-15-21-16(24-4-8-26-9-5-24)23-17(22-15)25-6-10-27-11-7-25/h1-3H,4-11H2,(H,20,21,22,23). The molecule has 3 heterocycles. The molecule has 0 bridgehead atoms. The second-order valence-corrected chi connectivity index (χ2v) is 6.97. The van der Waals surface area contributed by atoms with Gasteiger partial charge < -0.3 is 24.6 Å². The van der Waals surface area contributed by atoms with E-state index in [4.69, 9.17) is 32.7 Å². The van der Waals surface area contributed by atoms with Gasteiger partial charge in [0.15, 0.2) is 0 Å². The van der Waals surface area contributed by atoms with Crippen LogP contribution < -0.4 is 15.1 Å². The first-order chi connectivity index (χ1) is 13.2. The number of hydrogen-bond donors (Lipinski definition) is 1. The summed E-state index contributed by atoms with van der Waals surface area (Å²) in [5.74, 6) is 1.67. The SMILES string of the molecule is Clc1cccc(Nc2nc(N3CCOCC3)nc(N3CCOCC3)n2)c1Cl. The molecule has 1 aromatic heterocycles. The van der Waals surface area contributed by atoms with Crippen LogP contribution in [0.4, 0.5) is 23.5 Å². The van der Waals surface area contributed by atoms with Crippen molar-refractivity contribution in [2.24, 2.45) is 0 Å². The third kappa shape index (κ3) is 4.35. The minimum Gasteiger partial charge on any atom is -0.378 e. The van der Waals surface area contributed by atoms with Crippen LogP contribution in [0, 0.1) is 0 Å². The van der Waals surface area contributed by atoms with Crippen molar-refractivity contribution in [3.63, 3.8) is 0 Å². The molecule has 0 spiro atoms. The van der Waals surface area contributed by atoms with Crippen LogP contribution >= 0.6 is 23.2 Å². The van der Waals surface area contributed by atoms with Crippen molar-refractivity contribution >= 4 is 46.7 Å². The van der Waals surface area contributed by atoms with Crippen LogP contribution in [0.2, 0.25) is 10.0 Å². The normalized spacial score (nSPS) is 17.9. The number of nitrogens with one attached hydrogen (secondary N) is 1. The van der Waals surface area contributed by atoms with Gasteiger partial charge in [0, 0.05) is 26.2 Å². The smallest absolute Gasteiger partial charge is 0.233 e. The average Bonchev–Trinajstić information content (AvgIpc) is 2.72. The van der Waals surface area contributed by atoms with Crippen molar-refractivity contribution in [3.8, 4) is 0 Å². The molecular formula is C17H20Cl2N6O2. The Morgan fingerprint density at radius 2 is 1.37 bits per heavy atom. The molecular weight excluding hydrogens is 391 g/mol. The van der Waals surface area contributed by atoms with Gasteiger partial charge in [0.2, 0.25) is 17.8 Å². The minimum atomic E-state index is 0.428. The predicted molar refractivity (Wildman–Crippen MR) is 106 cm³/mol. The van der Waals surface area contributed by atoms with E-state index >= 15 is 0 Å². The van der Waals surface area contributed by atoms with Crippen molar-refractivity contribution in [2.75, 3.05) is 67.7 Å². The fourth-order valence-electron chi connectivity index (χ4n) is 2.94. The molecule has 1 aromatic carbocycles. The minimum absolute atomic E-state index is 0.428. The summed E-state index contributed by atoms with van der Waals surface area (Å²) in [6.45, 7) is 5.58. The van der Waals surface area contributed by atoms with Crippen LogP contribution in [0.1, 0.15) is 0 Å². The lowest BCUT2D eigenvalue weighted by atomic mass is 10.3. The quantitative estimate of drug-likeness (QED) is 0.823. The van der Waals surface area contributed by atoms with Crippen molar-refractivity contribution in [3.05, 3.63) is 28.2 Å². The molecule has 0 amide bonds. The monoisotopic (exact) mass is 410 g/mol. The summed E-state index contributed by atoms with van der Waals surface area (Å²) in [4.78, 5) is 18.1. The van der Waals surface area contributed by atoms with Crippen LogP contribution in [0.3, 0.4) is 0 Å². The lowest BCUT2D eigenvalue weighted by Gasteiger charge is -2.30. The Hall–Kier alpha value is -1.87. The van der Waals surface area contributed by atoms with E-state index in [-0.39, 0.29) is 0 Å². The van der Waals surface area contributed by atoms with Gasteiger partial charge in [0.05, 0.1) is 42.2 Å². The van der Waals surface area contributed by atoms with Gasteiger partial charge in [-0.05, 0) is 12.1 Å². The molecule has 2 aromatic rings. The number of benzene rings is 1. The largest absolute Gasteiger partial charge is 0.378 e. The number of hydrogen-bond acceptors (Lipinski definition) is 8. The highest BCUT2D eigenvalue weighted by molar-refractivity contribution is 6.43. The molecule has 27 heavy (non-hydrogen) atoms. The van der Waals surface area contributed by atoms with Gasteiger partial charge in [0.1, 0.15) is 0 Å². The maximum atomic E-state index is 6.30. The second-order valence-electron chi connectivity index (χ2n) is 6.18. The van der Waals surface area contributed by atoms with Crippen LogP contribution in [-0.2, 0) is 9.47 Å². The summed E-state index contributed by atoms with van der Waals surface area (Å²) in [7, 11) is 0. The number of aromatic nitrogens is 3. The first-order valence-corrected chi connectivity index (χ1v) is 9.59. The number of nitrogens with zero attached hydrogens (tertiary/aromatic N) is 5. The Morgan fingerprint density at radius 3 is 1.93 bits per heavy atom. The third-order valence-electron chi connectivity index (χ3n) is 4.40. The van der Waals surface area contributed by atoms with Gasteiger partial charge in [-0.25, -0.2) is 0 Å². The van der Waals surface area contributed by atoms with Crippen LogP contribution in [0.5, 0.6) is 0 Å². The van der Waals surface area contributed by atoms with Gasteiger partial charge in [-0.15, -0.1) is 0 Å². The van der Waals surface area contributed by atoms with Gasteiger partial charge >= 0.3 is 0 Å². The molecule has 0 radical (unpaired) electrons. The number of rotatable bonds is 4. The summed E-state index contributed by atoms with van der Waals surface area (Å²) in [5, 5.41) is 4.08. The summed E-state index contributed by atoms with van der Waals surface area (Å²) in [6.07, 6.45) is 0. The van der Waals surface area contributed by atoms with Gasteiger partial charge in [-0.3, -0.25) is 0 Å². The zero-order valence-corrected chi connectivity index (χ0v) is 16.2. The number of ether oxygens (including phenoxy) is 2. The lowest BCUT2D eigenvalue weighted by Crippen LogP contribution is -2.40. The van der Waals surface area contributed by atoms with Crippen molar-refractivity contribution in [1.29, 1.82) is 0 Å².